The summed E-state index contributed by atoms with van der Waals surface area (Å²) in [5.41, 5.74) is 7.17. The fraction of sp³-hybridized carbons (Fsp3) is 0.800. The molecule has 0 radical (unpaired) electrons. The Morgan fingerprint density at radius 3 is 1.87 bits per heavy atom. The van der Waals surface area contributed by atoms with Crippen LogP contribution in [0, 0.1) is 5.41 Å². The molecule has 3 heteroatoms. The monoisotopic (exact) mass is 321 g/mol. The van der Waals surface area contributed by atoms with Crippen LogP contribution in [0.5, 0.6) is 0 Å². The van der Waals surface area contributed by atoms with Crippen LogP contribution in [0.4, 0.5) is 0 Å². The van der Waals surface area contributed by atoms with E-state index in [9.17, 15) is 0 Å². The molecule has 23 heavy (non-hydrogen) atoms. The summed E-state index contributed by atoms with van der Waals surface area (Å²) in [6.45, 7) is 12.6. The Balaban J connectivity index is 4.98. The lowest BCUT2D eigenvalue weighted by Crippen LogP contribution is -2.27. The van der Waals surface area contributed by atoms with Crippen LogP contribution in [0.1, 0.15) is 98.3 Å². The molecule has 0 amide bonds. The van der Waals surface area contributed by atoms with Gasteiger partial charge in [-0.3, -0.25) is 4.99 Å². The molecular formula is C20H39N3. The van der Waals surface area contributed by atoms with Crippen LogP contribution in [0.2, 0.25) is 0 Å². The molecule has 0 aliphatic rings. The third-order valence-electron chi connectivity index (χ3n) is 4.73. The van der Waals surface area contributed by atoms with Gasteiger partial charge in [0.25, 0.3) is 0 Å². The molecule has 134 valence electrons. The minimum atomic E-state index is 0.189. The van der Waals surface area contributed by atoms with Crippen molar-refractivity contribution in [1.82, 2.24) is 0 Å². The van der Waals surface area contributed by atoms with E-state index in [0.717, 1.165) is 6.42 Å². The number of nitrogens with zero attached hydrogens (tertiary/aromatic N) is 2. The Morgan fingerprint density at radius 2 is 1.48 bits per heavy atom. The number of hydrogen-bond donors (Lipinski definition) is 1. The normalized spacial score (nSPS) is 13.4. The van der Waals surface area contributed by atoms with Gasteiger partial charge in [0, 0.05) is 11.1 Å². The zero-order chi connectivity index (χ0) is 17.6. The molecule has 0 saturated carbocycles. The molecule has 0 atom stereocenters. The van der Waals surface area contributed by atoms with Crippen LogP contribution in [-0.2, 0) is 0 Å². The van der Waals surface area contributed by atoms with Crippen molar-refractivity contribution < 1.29 is 0 Å². The van der Waals surface area contributed by atoms with Gasteiger partial charge in [-0.25, -0.2) is 4.99 Å². The van der Waals surface area contributed by atoms with Crippen molar-refractivity contribution in [3.8, 4) is 0 Å². The van der Waals surface area contributed by atoms with Crippen molar-refractivity contribution in [1.29, 1.82) is 0 Å². The van der Waals surface area contributed by atoms with Gasteiger partial charge in [-0.05, 0) is 26.0 Å². The van der Waals surface area contributed by atoms with Gasteiger partial charge in [-0.15, -0.1) is 0 Å². The molecule has 0 fully saturated rings. The minimum Gasteiger partial charge on any atom is -0.382 e. The van der Waals surface area contributed by atoms with E-state index in [0.29, 0.717) is 5.82 Å². The average Bonchev–Trinajstić information content (AvgIpc) is 2.56. The van der Waals surface area contributed by atoms with Crippen molar-refractivity contribution >= 4 is 12.4 Å². The van der Waals surface area contributed by atoms with Crippen LogP contribution >= 0.6 is 0 Å². The first-order valence-electron chi connectivity index (χ1n) is 9.53. The summed E-state index contributed by atoms with van der Waals surface area (Å²) >= 11 is 0. The van der Waals surface area contributed by atoms with E-state index < -0.39 is 0 Å². The smallest absolute Gasteiger partial charge is 0.141 e. The fourth-order valence-electron chi connectivity index (χ4n) is 3.16. The molecule has 0 spiro atoms. The Hall–Kier alpha value is -1.12. The van der Waals surface area contributed by atoms with Crippen molar-refractivity contribution in [3.63, 3.8) is 0 Å². The highest BCUT2D eigenvalue weighted by Gasteiger charge is 2.28. The maximum atomic E-state index is 5.72. The summed E-state index contributed by atoms with van der Waals surface area (Å²) in [5.74, 6) is 0.398. The Labute approximate surface area is 144 Å². The predicted octanol–water partition coefficient (Wildman–Crippen LogP) is 6.24. The van der Waals surface area contributed by atoms with Gasteiger partial charge in [0.2, 0.25) is 0 Å². The van der Waals surface area contributed by atoms with Gasteiger partial charge < -0.3 is 5.73 Å². The lowest BCUT2D eigenvalue weighted by atomic mass is 9.74. The first-order chi connectivity index (χ1) is 11.0. The summed E-state index contributed by atoms with van der Waals surface area (Å²) in [6, 6.07) is 0. The summed E-state index contributed by atoms with van der Waals surface area (Å²) in [6.07, 6.45) is 15.5. The number of hydrogen-bond acceptors (Lipinski definition) is 3. The number of unbranched alkanes of at least 4 members (excludes halogenated alkanes) is 6. The summed E-state index contributed by atoms with van der Waals surface area (Å²) < 4.78 is 0. The topological polar surface area (TPSA) is 50.7 Å². The molecular weight excluding hydrogens is 282 g/mol. The highest BCUT2D eigenvalue weighted by molar-refractivity contribution is 5.90. The zero-order valence-corrected chi connectivity index (χ0v) is 16.0. The van der Waals surface area contributed by atoms with Crippen LogP contribution in [-0.4, -0.2) is 12.4 Å². The van der Waals surface area contributed by atoms with E-state index in [1.165, 1.54) is 69.9 Å². The number of aliphatic imine (C=N–C) groups is 2. The van der Waals surface area contributed by atoms with Crippen molar-refractivity contribution in [2.45, 2.75) is 98.3 Å². The molecule has 0 aromatic carbocycles. The lowest BCUT2D eigenvalue weighted by Gasteiger charge is -2.31. The maximum absolute atomic E-state index is 5.72. The summed E-state index contributed by atoms with van der Waals surface area (Å²) in [4.78, 5) is 8.41. The van der Waals surface area contributed by atoms with Crippen molar-refractivity contribution in [2.75, 3.05) is 0 Å². The van der Waals surface area contributed by atoms with Gasteiger partial charge in [-0.1, -0.05) is 79.1 Å². The SMILES string of the molecule is C=N/C(N)=C\N=C(/CC)C(C)(CCCCCC)CCCCCC. The summed E-state index contributed by atoms with van der Waals surface area (Å²) in [5, 5.41) is 0. The van der Waals surface area contributed by atoms with E-state index >= 15 is 0 Å². The molecule has 0 unspecified atom stereocenters. The van der Waals surface area contributed by atoms with Crippen LogP contribution in [0.15, 0.2) is 22.0 Å². The molecule has 0 aliphatic carbocycles. The van der Waals surface area contributed by atoms with Crippen molar-refractivity contribution in [3.05, 3.63) is 12.0 Å². The molecule has 0 heterocycles. The first-order valence-corrected chi connectivity index (χ1v) is 9.53. The van der Waals surface area contributed by atoms with E-state index in [2.05, 4.69) is 44.4 Å². The number of rotatable bonds is 14. The third kappa shape index (κ3) is 9.58. The molecule has 0 rings (SSSR count). The van der Waals surface area contributed by atoms with Gasteiger partial charge in [0.05, 0.1) is 6.20 Å². The highest BCUT2D eigenvalue weighted by atomic mass is 14.9. The summed E-state index contributed by atoms with van der Waals surface area (Å²) in [7, 11) is 0. The predicted molar refractivity (Wildman–Crippen MR) is 105 cm³/mol. The Kier molecular flexibility index (Phi) is 12.7. The van der Waals surface area contributed by atoms with Crippen LogP contribution in [0.3, 0.4) is 0 Å². The molecule has 3 nitrogen and oxygen atoms in total. The van der Waals surface area contributed by atoms with Crippen molar-refractivity contribution in [2.24, 2.45) is 21.1 Å². The van der Waals surface area contributed by atoms with E-state index in [1.807, 2.05) is 0 Å². The fourth-order valence-corrected chi connectivity index (χ4v) is 3.16. The molecule has 0 aromatic rings. The van der Waals surface area contributed by atoms with Gasteiger partial charge in [0.15, 0.2) is 0 Å². The van der Waals surface area contributed by atoms with Crippen LogP contribution in [0.25, 0.3) is 0 Å². The van der Waals surface area contributed by atoms with Gasteiger partial charge in [-0.2, -0.15) is 0 Å². The molecule has 0 saturated heterocycles. The number of nitrogens with two attached hydrogens (primary N) is 1. The minimum absolute atomic E-state index is 0.189. The second-order valence-corrected chi connectivity index (χ2v) is 6.82. The largest absolute Gasteiger partial charge is 0.382 e. The second-order valence-electron chi connectivity index (χ2n) is 6.82. The first kappa shape index (κ1) is 21.9. The Bertz CT molecular complexity index is 357. The second kappa shape index (κ2) is 13.3. The third-order valence-corrected chi connectivity index (χ3v) is 4.73. The molecule has 0 aliphatic heterocycles. The lowest BCUT2D eigenvalue weighted by molar-refractivity contribution is 0.353. The van der Waals surface area contributed by atoms with E-state index in [-0.39, 0.29) is 5.41 Å². The van der Waals surface area contributed by atoms with Crippen LogP contribution < -0.4 is 5.73 Å². The Morgan fingerprint density at radius 1 is 0.957 bits per heavy atom. The molecule has 0 aromatic heterocycles. The molecule has 0 bridgehead atoms. The average molecular weight is 322 g/mol. The van der Waals surface area contributed by atoms with Gasteiger partial charge >= 0.3 is 0 Å². The van der Waals surface area contributed by atoms with E-state index in [4.69, 9.17) is 5.73 Å². The highest BCUT2D eigenvalue weighted by Crippen LogP contribution is 2.34. The maximum Gasteiger partial charge on any atom is 0.141 e. The van der Waals surface area contributed by atoms with Gasteiger partial charge in [0.1, 0.15) is 5.82 Å². The standard InChI is InChI=1S/C20H39N3/c1-6-9-11-13-15-20(4,16-14-12-10-7-2)18(8-3)23-17-19(21)22-5/h17H,5-16,21H2,1-4H3/b19-17-,23-18+. The quantitative estimate of drug-likeness (QED) is 0.298. The molecule has 2 N–H and O–H groups in total. The van der Waals surface area contributed by atoms with E-state index in [1.54, 1.807) is 6.20 Å². The zero-order valence-electron chi connectivity index (χ0n) is 16.0.